The summed E-state index contributed by atoms with van der Waals surface area (Å²) in [5.41, 5.74) is 5.53. The van der Waals surface area contributed by atoms with Crippen molar-refractivity contribution in [1.82, 2.24) is 9.38 Å². The molecule has 0 spiro atoms. The monoisotopic (exact) mass is 339 g/mol. The van der Waals surface area contributed by atoms with E-state index in [-0.39, 0.29) is 5.91 Å². The van der Waals surface area contributed by atoms with Crippen LogP contribution in [0.25, 0.3) is 11.7 Å². The van der Waals surface area contributed by atoms with Gasteiger partial charge in [-0.25, -0.2) is 4.98 Å². The van der Waals surface area contributed by atoms with Crippen molar-refractivity contribution in [3.63, 3.8) is 0 Å². The van der Waals surface area contributed by atoms with Crippen LogP contribution in [0, 0.1) is 20.8 Å². The Morgan fingerprint density at radius 3 is 2.62 bits per heavy atom. The fourth-order valence-electron chi connectivity index (χ4n) is 2.83. The number of nitrogens with zero attached hydrogens (tertiary/aromatic N) is 2. The first-order valence-electron chi connectivity index (χ1n) is 7.65. The number of halogens is 1. The number of fused-ring (bicyclic) bond motifs is 1. The SMILES string of the molecule is Cc1cc(C)c(NC(=O)/C=C/c2c(Cl)nc3ccccn23)c(C)c1. The maximum atomic E-state index is 12.3. The summed E-state index contributed by atoms with van der Waals surface area (Å²) >= 11 is 6.16. The summed E-state index contributed by atoms with van der Waals surface area (Å²) in [6.07, 6.45) is 5.01. The number of nitrogens with one attached hydrogen (secondary N) is 1. The Morgan fingerprint density at radius 1 is 1.21 bits per heavy atom. The van der Waals surface area contributed by atoms with Crippen LogP contribution in [0.5, 0.6) is 0 Å². The van der Waals surface area contributed by atoms with Crippen molar-refractivity contribution in [2.45, 2.75) is 20.8 Å². The van der Waals surface area contributed by atoms with Gasteiger partial charge in [-0.2, -0.15) is 0 Å². The Balaban J connectivity index is 1.84. The Morgan fingerprint density at radius 2 is 1.92 bits per heavy atom. The number of imidazole rings is 1. The first-order valence-corrected chi connectivity index (χ1v) is 8.03. The second-order valence-electron chi connectivity index (χ2n) is 5.81. The molecule has 0 saturated heterocycles. The van der Waals surface area contributed by atoms with Crippen molar-refractivity contribution in [3.05, 3.63) is 70.1 Å². The zero-order chi connectivity index (χ0) is 17.3. The molecule has 3 aromatic rings. The number of hydrogen-bond donors (Lipinski definition) is 1. The van der Waals surface area contributed by atoms with Crippen molar-refractivity contribution in [2.24, 2.45) is 0 Å². The maximum Gasteiger partial charge on any atom is 0.248 e. The molecule has 1 amide bonds. The average molecular weight is 340 g/mol. The second kappa shape index (κ2) is 6.49. The van der Waals surface area contributed by atoms with E-state index in [0.717, 1.165) is 22.5 Å². The highest BCUT2D eigenvalue weighted by Gasteiger charge is 2.09. The molecule has 24 heavy (non-hydrogen) atoms. The van der Waals surface area contributed by atoms with Crippen molar-refractivity contribution in [3.8, 4) is 0 Å². The molecule has 0 bridgehead atoms. The summed E-state index contributed by atoms with van der Waals surface area (Å²) in [6, 6.07) is 9.74. The lowest BCUT2D eigenvalue weighted by molar-refractivity contribution is -0.111. The highest BCUT2D eigenvalue weighted by molar-refractivity contribution is 6.31. The molecule has 122 valence electrons. The summed E-state index contributed by atoms with van der Waals surface area (Å²) < 4.78 is 1.84. The van der Waals surface area contributed by atoms with Gasteiger partial charge in [0.2, 0.25) is 5.91 Å². The van der Waals surface area contributed by atoms with Gasteiger partial charge in [0, 0.05) is 18.0 Å². The molecular formula is C19H18ClN3O. The van der Waals surface area contributed by atoms with Crippen LogP contribution in [-0.2, 0) is 4.79 Å². The summed E-state index contributed by atoms with van der Waals surface area (Å²) in [6.45, 7) is 6.01. The summed E-state index contributed by atoms with van der Waals surface area (Å²) in [4.78, 5) is 16.5. The standard InChI is InChI=1S/C19H18ClN3O/c1-12-10-13(2)18(14(3)11-12)22-17(24)8-7-15-19(20)21-16-6-4-5-9-23(15)16/h4-11H,1-3H3,(H,22,24)/b8-7+. The van der Waals surface area contributed by atoms with Crippen LogP contribution in [0.1, 0.15) is 22.4 Å². The van der Waals surface area contributed by atoms with Crippen LogP contribution < -0.4 is 5.32 Å². The number of carbonyl (C=O) groups excluding carboxylic acids is 1. The fraction of sp³-hybridized carbons (Fsp3) is 0.158. The van der Waals surface area contributed by atoms with Crippen molar-refractivity contribution >= 4 is 34.9 Å². The smallest absolute Gasteiger partial charge is 0.248 e. The van der Waals surface area contributed by atoms with E-state index in [1.807, 2.05) is 61.7 Å². The first-order chi connectivity index (χ1) is 11.5. The van der Waals surface area contributed by atoms with Crippen molar-refractivity contribution in [2.75, 3.05) is 5.32 Å². The fourth-order valence-corrected chi connectivity index (χ4v) is 3.07. The molecule has 3 rings (SSSR count). The van der Waals surface area contributed by atoms with Gasteiger partial charge in [-0.1, -0.05) is 35.4 Å². The Hall–Kier alpha value is -2.59. The van der Waals surface area contributed by atoms with E-state index in [0.29, 0.717) is 10.8 Å². The van der Waals surface area contributed by atoms with Gasteiger partial charge >= 0.3 is 0 Å². The van der Waals surface area contributed by atoms with E-state index in [2.05, 4.69) is 10.3 Å². The molecule has 0 aliphatic carbocycles. The van der Waals surface area contributed by atoms with Gasteiger partial charge in [0.1, 0.15) is 5.65 Å². The van der Waals surface area contributed by atoms with Crippen molar-refractivity contribution in [1.29, 1.82) is 0 Å². The molecule has 0 radical (unpaired) electrons. The Kier molecular flexibility index (Phi) is 4.40. The van der Waals surface area contributed by atoms with Crippen LogP contribution in [-0.4, -0.2) is 15.3 Å². The summed E-state index contributed by atoms with van der Waals surface area (Å²) in [5, 5.41) is 3.31. The van der Waals surface area contributed by atoms with Gasteiger partial charge in [0.05, 0.1) is 5.69 Å². The van der Waals surface area contributed by atoms with E-state index in [1.165, 1.54) is 11.6 Å². The highest BCUT2D eigenvalue weighted by Crippen LogP contribution is 2.22. The van der Waals surface area contributed by atoms with Crippen LogP contribution in [0.4, 0.5) is 5.69 Å². The zero-order valence-corrected chi connectivity index (χ0v) is 14.6. The predicted octanol–water partition coefficient (Wildman–Crippen LogP) is 4.56. The molecule has 0 fully saturated rings. The zero-order valence-electron chi connectivity index (χ0n) is 13.8. The van der Waals surface area contributed by atoms with Crippen LogP contribution in [0.2, 0.25) is 5.15 Å². The number of carbonyl (C=O) groups is 1. The third kappa shape index (κ3) is 3.19. The largest absolute Gasteiger partial charge is 0.322 e. The molecule has 1 aromatic carbocycles. The van der Waals surface area contributed by atoms with Gasteiger partial charge < -0.3 is 5.32 Å². The minimum absolute atomic E-state index is 0.202. The number of rotatable bonds is 3. The maximum absolute atomic E-state index is 12.3. The molecule has 0 unspecified atom stereocenters. The number of aromatic nitrogens is 2. The number of aryl methyl sites for hydroxylation is 3. The van der Waals surface area contributed by atoms with E-state index in [9.17, 15) is 4.79 Å². The van der Waals surface area contributed by atoms with E-state index in [4.69, 9.17) is 11.6 Å². The van der Waals surface area contributed by atoms with E-state index < -0.39 is 0 Å². The van der Waals surface area contributed by atoms with Crippen LogP contribution >= 0.6 is 11.6 Å². The average Bonchev–Trinajstić information content (AvgIpc) is 2.84. The second-order valence-corrected chi connectivity index (χ2v) is 6.17. The van der Waals surface area contributed by atoms with Crippen molar-refractivity contribution < 1.29 is 4.79 Å². The molecule has 0 atom stereocenters. The lowest BCUT2D eigenvalue weighted by Gasteiger charge is -2.11. The Labute approximate surface area is 145 Å². The number of amides is 1. The molecule has 0 saturated carbocycles. The number of anilines is 1. The molecule has 2 heterocycles. The van der Waals surface area contributed by atoms with Gasteiger partial charge in [0.15, 0.2) is 5.15 Å². The van der Waals surface area contributed by atoms with Gasteiger partial charge in [-0.15, -0.1) is 0 Å². The number of hydrogen-bond acceptors (Lipinski definition) is 2. The molecular weight excluding hydrogens is 322 g/mol. The summed E-state index contributed by atoms with van der Waals surface area (Å²) in [5.74, 6) is -0.202. The molecule has 2 aromatic heterocycles. The lowest BCUT2D eigenvalue weighted by atomic mass is 10.1. The van der Waals surface area contributed by atoms with E-state index >= 15 is 0 Å². The van der Waals surface area contributed by atoms with Gasteiger partial charge in [-0.05, 0) is 50.1 Å². The lowest BCUT2D eigenvalue weighted by Crippen LogP contribution is -2.10. The van der Waals surface area contributed by atoms with Crippen LogP contribution in [0.3, 0.4) is 0 Å². The molecule has 0 aliphatic heterocycles. The molecule has 5 heteroatoms. The predicted molar refractivity (Wildman–Crippen MR) is 98.5 cm³/mol. The topological polar surface area (TPSA) is 46.4 Å². The normalized spacial score (nSPS) is 11.3. The van der Waals surface area contributed by atoms with Crippen LogP contribution in [0.15, 0.2) is 42.6 Å². The third-order valence-corrected chi connectivity index (χ3v) is 4.12. The highest BCUT2D eigenvalue weighted by atomic mass is 35.5. The minimum Gasteiger partial charge on any atom is -0.322 e. The molecule has 0 aliphatic rings. The van der Waals surface area contributed by atoms with E-state index in [1.54, 1.807) is 6.08 Å². The first kappa shape index (κ1) is 16.3. The third-order valence-electron chi connectivity index (χ3n) is 3.84. The molecule has 4 nitrogen and oxygen atoms in total. The Bertz CT molecular complexity index is 933. The quantitative estimate of drug-likeness (QED) is 0.711. The van der Waals surface area contributed by atoms with Gasteiger partial charge in [-0.3, -0.25) is 9.20 Å². The number of pyridine rings is 1. The summed E-state index contributed by atoms with van der Waals surface area (Å²) in [7, 11) is 0. The van der Waals surface area contributed by atoms with Gasteiger partial charge in [0.25, 0.3) is 0 Å². The molecule has 1 N–H and O–H groups in total. The number of benzene rings is 1. The minimum atomic E-state index is -0.202.